The molecule has 1 aromatic carbocycles. The Morgan fingerprint density at radius 3 is 2.57 bits per heavy atom. The molecule has 126 valence electrons. The van der Waals surface area contributed by atoms with Gasteiger partial charge >= 0.3 is 0 Å². The molecule has 1 aliphatic rings. The third kappa shape index (κ3) is 4.61. The van der Waals surface area contributed by atoms with Crippen LogP contribution in [0.3, 0.4) is 0 Å². The molecule has 1 saturated heterocycles. The molecular weight excluding hydrogens is 338 g/mol. The minimum atomic E-state index is -2.98. The highest BCUT2D eigenvalue weighted by Gasteiger charge is 2.33. The Bertz CT molecular complexity index is 688. The molecule has 2 rings (SSSR count). The van der Waals surface area contributed by atoms with Gasteiger partial charge < -0.3 is 10.2 Å². The molecule has 1 aromatic rings. The zero-order chi connectivity index (χ0) is 17.0. The van der Waals surface area contributed by atoms with Gasteiger partial charge in [-0.1, -0.05) is 6.92 Å². The number of rotatable bonds is 5. The number of benzene rings is 1. The molecule has 0 saturated carbocycles. The van der Waals surface area contributed by atoms with Crippen molar-refractivity contribution in [1.29, 1.82) is 0 Å². The van der Waals surface area contributed by atoms with E-state index in [1.54, 1.807) is 12.1 Å². The zero-order valence-electron chi connectivity index (χ0n) is 12.8. The Balaban J connectivity index is 2.07. The Kier molecular flexibility index (Phi) is 5.53. The average molecular weight is 357 g/mol. The van der Waals surface area contributed by atoms with E-state index in [9.17, 15) is 18.5 Å². The fourth-order valence-electron chi connectivity index (χ4n) is 2.57. The second-order valence-electron chi connectivity index (χ2n) is 5.48. The smallest absolute Gasteiger partial charge is 0.269 e. The maximum atomic E-state index is 11.7. The summed E-state index contributed by atoms with van der Waals surface area (Å²) in [5, 5.41) is 14.1. The number of hydrogen-bond donors (Lipinski definition) is 1. The summed E-state index contributed by atoms with van der Waals surface area (Å²) in [6, 6.07) is 5.85. The summed E-state index contributed by atoms with van der Waals surface area (Å²) in [6.45, 7) is 2.67. The molecule has 0 spiro atoms. The molecule has 0 bridgehead atoms. The van der Waals surface area contributed by atoms with E-state index < -0.39 is 14.8 Å². The Hall–Kier alpha value is -1.74. The largest absolute Gasteiger partial charge is 0.345 e. The molecule has 1 aliphatic heterocycles. The second kappa shape index (κ2) is 7.22. The molecule has 0 amide bonds. The monoisotopic (exact) mass is 357 g/mol. The minimum absolute atomic E-state index is 0.00812. The maximum absolute atomic E-state index is 11.7. The maximum Gasteiger partial charge on any atom is 0.269 e. The van der Waals surface area contributed by atoms with Gasteiger partial charge in [0.25, 0.3) is 5.69 Å². The van der Waals surface area contributed by atoms with Crippen LogP contribution in [-0.2, 0) is 9.84 Å². The molecule has 0 unspecified atom stereocenters. The van der Waals surface area contributed by atoms with Crippen molar-refractivity contribution >= 4 is 38.5 Å². The van der Waals surface area contributed by atoms with Crippen LogP contribution in [0.2, 0.25) is 0 Å². The molecule has 23 heavy (non-hydrogen) atoms. The van der Waals surface area contributed by atoms with Crippen LogP contribution in [0.5, 0.6) is 0 Å². The number of nitrogens with one attached hydrogen (secondary N) is 1. The minimum Gasteiger partial charge on any atom is -0.345 e. The molecule has 0 radical (unpaired) electrons. The van der Waals surface area contributed by atoms with Crippen LogP contribution >= 0.6 is 12.2 Å². The van der Waals surface area contributed by atoms with Crippen LogP contribution in [0.15, 0.2) is 24.3 Å². The number of hydrogen-bond acceptors (Lipinski definition) is 5. The highest BCUT2D eigenvalue weighted by molar-refractivity contribution is 7.91. The lowest BCUT2D eigenvalue weighted by molar-refractivity contribution is -0.384. The van der Waals surface area contributed by atoms with Crippen molar-refractivity contribution in [1.82, 2.24) is 4.90 Å². The van der Waals surface area contributed by atoms with Crippen LogP contribution in [-0.4, -0.2) is 47.4 Å². The van der Waals surface area contributed by atoms with Crippen molar-refractivity contribution in [3.63, 3.8) is 0 Å². The lowest BCUT2D eigenvalue weighted by Crippen LogP contribution is -2.43. The van der Waals surface area contributed by atoms with E-state index >= 15 is 0 Å². The van der Waals surface area contributed by atoms with Crippen molar-refractivity contribution in [2.24, 2.45) is 0 Å². The molecule has 9 heteroatoms. The summed E-state index contributed by atoms with van der Waals surface area (Å²) in [5.74, 6) is 0.313. The first kappa shape index (κ1) is 17.6. The van der Waals surface area contributed by atoms with Gasteiger partial charge in [0.05, 0.1) is 16.4 Å². The summed E-state index contributed by atoms with van der Waals surface area (Å²) in [6.07, 6.45) is 1.42. The predicted octanol–water partition coefficient (Wildman–Crippen LogP) is 2.19. The number of anilines is 1. The Morgan fingerprint density at radius 2 is 2.09 bits per heavy atom. The van der Waals surface area contributed by atoms with E-state index in [4.69, 9.17) is 12.2 Å². The summed E-state index contributed by atoms with van der Waals surface area (Å²) in [4.78, 5) is 12.1. The van der Waals surface area contributed by atoms with Crippen LogP contribution in [0, 0.1) is 10.1 Å². The average Bonchev–Trinajstić information content (AvgIpc) is 2.85. The SMILES string of the molecule is CCCN(C(=S)Nc1ccc([N+](=O)[O-])cc1)[C@@H]1CCS(=O)(=O)C1. The van der Waals surface area contributed by atoms with Gasteiger partial charge in [0.15, 0.2) is 14.9 Å². The van der Waals surface area contributed by atoms with Crippen molar-refractivity contribution in [3.8, 4) is 0 Å². The van der Waals surface area contributed by atoms with Crippen LogP contribution in [0.4, 0.5) is 11.4 Å². The van der Waals surface area contributed by atoms with Gasteiger partial charge in [0, 0.05) is 30.4 Å². The molecule has 1 N–H and O–H groups in total. The third-order valence-electron chi connectivity index (χ3n) is 3.70. The van der Waals surface area contributed by atoms with Gasteiger partial charge in [0.2, 0.25) is 0 Å². The fourth-order valence-corrected chi connectivity index (χ4v) is 4.66. The predicted molar refractivity (Wildman–Crippen MR) is 93.4 cm³/mol. The molecule has 1 atom stereocenters. The topological polar surface area (TPSA) is 92.5 Å². The van der Waals surface area contributed by atoms with Crippen LogP contribution in [0.1, 0.15) is 19.8 Å². The molecule has 0 aliphatic carbocycles. The van der Waals surface area contributed by atoms with Gasteiger partial charge in [-0.2, -0.15) is 0 Å². The standard InChI is InChI=1S/C14H19N3O4S2/c1-2-8-16(13-7-9-23(20,21)10-13)14(22)15-11-3-5-12(6-4-11)17(18)19/h3-6,13H,2,7-10H2,1H3,(H,15,22)/t13-/m1/s1. The van der Waals surface area contributed by atoms with E-state index in [0.717, 1.165) is 6.42 Å². The number of nitrogens with zero attached hydrogens (tertiary/aromatic N) is 2. The first-order chi connectivity index (χ1) is 10.8. The Labute approximate surface area is 140 Å². The normalized spacial score (nSPS) is 19.3. The van der Waals surface area contributed by atoms with E-state index in [0.29, 0.717) is 23.8 Å². The molecule has 0 aromatic heterocycles. The third-order valence-corrected chi connectivity index (χ3v) is 5.79. The number of non-ortho nitro benzene ring substituents is 1. The number of nitro groups is 1. The highest BCUT2D eigenvalue weighted by atomic mass is 32.2. The summed E-state index contributed by atoms with van der Waals surface area (Å²) in [5.41, 5.74) is 0.649. The summed E-state index contributed by atoms with van der Waals surface area (Å²) >= 11 is 5.41. The van der Waals surface area contributed by atoms with Gasteiger partial charge in [-0.3, -0.25) is 10.1 Å². The molecular formula is C14H19N3O4S2. The number of sulfone groups is 1. The van der Waals surface area contributed by atoms with Crippen molar-refractivity contribution in [2.75, 3.05) is 23.4 Å². The first-order valence-electron chi connectivity index (χ1n) is 7.35. The highest BCUT2D eigenvalue weighted by Crippen LogP contribution is 2.21. The van der Waals surface area contributed by atoms with Gasteiger partial charge in [0.1, 0.15) is 0 Å². The van der Waals surface area contributed by atoms with Crippen molar-refractivity contribution in [2.45, 2.75) is 25.8 Å². The van der Waals surface area contributed by atoms with Gasteiger partial charge in [-0.15, -0.1) is 0 Å². The fraction of sp³-hybridized carbons (Fsp3) is 0.500. The van der Waals surface area contributed by atoms with E-state index in [-0.39, 0.29) is 23.2 Å². The molecule has 1 heterocycles. The molecule has 1 fully saturated rings. The first-order valence-corrected chi connectivity index (χ1v) is 9.58. The zero-order valence-corrected chi connectivity index (χ0v) is 14.4. The van der Waals surface area contributed by atoms with E-state index in [1.807, 2.05) is 11.8 Å². The van der Waals surface area contributed by atoms with E-state index in [1.165, 1.54) is 12.1 Å². The number of nitro benzene ring substituents is 1. The van der Waals surface area contributed by atoms with Gasteiger partial charge in [-0.25, -0.2) is 8.42 Å². The lowest BCUT2D eigenvalue weighted by Gasteiger charge is -2.30. The van der Waals surface area contributed by atoms with Crippen molar-refractivity contribution < 1.29 is 13.3 Å². The van der Waals surface area contributed by atoms with Crippen molar-refractivity contribution in [3.05, 3.63) is 34.4 Å². The second-order valence-corrected chi connectivity index (χ2v) is 8.10. The Morgan fingerprint density at radius 1 is 1.43 bits per heavy atom. The van der Waals surface area contributed by atoms with Gasteiger partial charge in [-0.05, 0) is 37.2 Å². The summed E-state index contributed by atoms with van der Waals surface area (Å²) in [7, 11) is -2.98. The van der Waals surface area contributed by atoms with Crippen LogP contribution in [0.25, 0.3) is 0 Å². The molecule has 7 nitrogen and oxygen atoms in total. The lowest BCUT2D eigenvalue weighted by atomic mass is 10.2. The summed E-state index contributed by atoms with van der Waals surface area (Å²) < 4.78 is 23.4. The van der Waals surface area contributed by atoms with Crippen LogP contribution < -0.4 is 5.32 Å². The van der Waals surface area contributed by atoms with E-state index in [2.05, 4.69) is 5.32 Å². The number of thiocarbonyl (C=S) groups is 1. The quantitative estimate of drug-likeness (QED) is 0.490.